The van der Waals surface area contributed by atoms with Gasteiger partial charge in [0.1, 0.15) is 11.5 Å². The van der Waals surface area contributed by atoms with Crippen LogP contribution in [0.5, 0.6) is 0 Å². The molecule has 0 aliphatic carbocycles. The van der Waals surface area contributed by atoms with Gasteiger partial charge < -0.3 is 14.8 Å². The first-order chi connectivity index (χ1) is 13.0. The molecule has 2 fully saturated rings. The van der Waals surface area contributed by atoms with Crippen LogP contribution in [0.25, 0.3) is 11.3 Å². The predicted molar refractivity (Wildman–Crippen MR) is 100 cm³/mol. The van der Waals surface area contributed by atoms with Crippen molar-refractivity contribution >= 4 is 11.9 Å². The van der Waals surface area contributed by atoms with E-state index in [0.29, 0.717) is 12.8 Å². The lowest BCUT2D eigenvalue weighted by Crippen LogP contribution is -2.55. The largest absolute Gasteiger partial charge is 0.481 e. The summed E-state index contributed by atoms with van der Waals surface area (Å²) in [4.78, 5) is 25.7. The highest BCUT2D eigenvalue weighted by Gasteiger charge is 2.51. The van der Waals surface area contributed by atoms with Crippen molar-refractivity contribution in [3.63, 3.8) is 0 Å². The number of hydrogen-bond acceptors (Lipinski definition) is 4. The number of carboxylic acids is 1. The highest BCUT2D eigenvalue weighted by atomic mass is 16.4. The molecule has 1 amide bonds. The van der Waals surface area contributed by atoms with Crippen molar-refractivity contribution in [2.45, 2.75) is 38.3 Å². The fourth-order valence-electron chi connectivity index (χ4n) is 4.42. The summed E-state index contributed by atoms with van der Waals surface area (Å²) in [7, 11) is 0. The zero-order chi connectivity index (χ0) is 19.0. The van der Waals surface area contributed by atoms with Crippen molar-refractivity contribution in [3.05, 3.63) is 47.7 Å². The highest BCUT2D eigenvalue weighted by molar-refractivity contribution is 5.88. The number of hydrogen-bond donors (Lipinski definition) is 2. The highest BCUT2D eigenvalue weighted by Crippen LogP contribution is 2.37. The molecule has 6 heteroatoms. The third-order valence-corrected chi connectivity index (χ3v) is 5.91. The number of furan rings is 1. The number of rotatable bonds is 4. The second-order valence-corrected chi connectivity index (χ2v) is 7.64. The van der Waals surface area contributed by atoms with Gasteiger partial charge in [-0.15, -0.1) is 0 Å². The van der Waals surface area contributed by atoms with Gasteiger partial charge in [-0.3, -0.25) is 14.5 Å². The van der Waals surface area contributed by atoms with Crippen LogP contribution in [-0.4, -0.2) is 40.5 Å². The average molecular weight is 368 g/mol. The minimum absolute atomic E-state index is 0.0933. The maximum absolute atomic E-state index is 11.8. The lowest BCUT2D eigenvalue weighted by molar-refractivity contribution is -0.144. The minimum Gasteiger partial charge on any atom is -0.481 e. The summed E-state index contributed by atoms with van der Waals surface area (Å²) in [6, 6.07) is 12.2. The van der Waals surface area contributed by atoms with E-state index in [-0.39, 0.29) is 12.3 Å². The van der Waals surface area contributed by atoms with Crippen molar-refractivity contribution in [1.82, 2.24) is 10.2 Å². The fraction of sp³-hybridized carbons (Fsp3) is 0.429. The Hall–Kier alpha value is -2.60. The second kappa shape index (κ2) is 6.85. The van der Waals surface area contributed by atoms with Crippen LogP contribution in [0.2, 0.25) is 0 Å². The van der Waals surface area contributed by atoms with E-state index in [0.717, 1.165) is 36.7 Å². The van der Waals surface area contributed by atoms with E-state index in [4.69, 9.17) is 4.42 Å². The number of amides is 1. The molecule has 0 saturated carbocycles. The maximum atomic E-state index is 11.8. The smallest absolute Gasteiger partial charge is 0.309 e. The van der Waals surface area contributed by atoms with Crippen molar-refractivity contribution in [3.8, 4) is 11.3 Å². The first-order valence-corrected chi connectivity index (χ1v) is 9.38. The summed E-state index contributed by atoms with van der Waals surface area (Å²) in [5.41, 5.74) is 1.69. The standard InChI is InChI=1S/C21H24N2O4/c1-14-6-7-18(27-14)16-5-3-2-4-15(16)13-23-10-8-21(9-11-23)17(20(25)26)12-19(24)22-21/h2-7,17H,8-13H2,1H3,(H,22,24)(H,25,26)/t17-/m0/s1. The van der Waals surface area contributed by atoms with Crippen molar-refractivity contribution in [1.29, 1.82) is 0 Å². The molecule has 1 aromatic carbocycles. The number of benzene rings is 1. The Morgan fingerprint density at radius 2 is 2.00 bits per heavy atom. The lowest BCUT2D eigenvalue weighted by atomic mass is 9.77. The van der Waals surface area contributed by atoms with E-state index < -0.39 is 17.4 Å². The van der Waals surface area contributed by atoms with Gasteiger partial charge in [0, 0.05) is 31.6 Å². The second-order valence-electron chi connectivity index (χ2n) is 7.64. The number of aliphatic carboxylic acids is 1. The van der Waals surface area contributed by atoms with Crippen LogP contribution in [0.1, 0.15) is 30.6 Å². The Labute approximate surface area is 158 Å². The van der Waals surface area contributed by atoms with Gasteiger partial charge >= 0.3 is 5.97 Å². The third kappa shape index (κ3) is 3.37. The van der Waals surface area contributed by atoms with E-state index in [9.17, 15) is 14.7 Å². The summed E-state index contributed by atoms with van der Waals surface area (Å²) in [5, 5.41) is 12.5. The molecule has 27 heavy (non-hydrogen) atoms. The maximum Gasteiger partial charge on any atom is 0.309 e. The van der Waals surface area contributed by atoms with Crippen LogP contribution in [0.15, 0.2) is 40.8 Å². The molecule has 0 unspecified atom stereocenters. The number of carboxylic acid groups (broad SMARTS) is 1. The van der Waals surface area contributed by atoms with E-state index in [2.05, 4.69) is 22.3 Å². The fourth-order valence-corrected chi connectivity index (χ4v) is 4.42. The predicted octanol–water partition coefficient (Wildman–Crippen LogP) is 2.81. The lowest BCUT2D eigenvalue weighted by Gasteiger charge is -2.41. The Kier molecular flexibility index (Phi) is 4.52. The number of nitrogens with zero attached hydrogens (tertiary/aromatic N) is 1. The monoisotopic (exact) mass is 368 g/mol. The van der Waals surface area contributed by atoms with Gasteiger partial charge in [0.25, 0.3) is 0 Å². The molecule has 0 bridgehead atoms. The van der Waals surface area contributed by atoms with Gasteiger partial charge in [-0.1, -0.05) is 24.3 Å². The average Bonchev–Trinajstić information content (AvgIpc) is 3.21. The summed E-state index contributed by atoms with van der Waals surface area (Å²) in [6.07, 6.45) is 1.42. The van der Waals surface area contributed by atoms with E-state index in [1.54, 1.807) is 0 Å². The van der Waals surface area contributed by atoms with E-state index in [1.807, 2.05) is 31.2 Å². The van der Waals surface area contributed by atoms with E-state index >= 15 is 0 Å². The molecule has 2 aliphatic heterocycles. The molecule has 2 aromatic rings. The van der Waals surface area contributed by atoms with Gasteiger partial charge in [-0.05, 0) is 37.5 Å². The van der Waals surface area contributed by atoms with Crippen molar-refractivity contribution in [2.24, 2.45) is 5.92 Å². The molecule has 6 nitrogen and oxygen atoms in total. The van der Waals surface area contributed by atoms with Gasteiger partial charge in [0.2, 0.25) is 5.91 Å². The molecule has 2 aliphatic rings. The number of carbonyl (C=O) groups is 2. The molecule has 4 rings (SSSR count). The quantitative estimate of drug-likeness (QED) is 0.867. The number of piperidine rings is 1. The number of aryl methyl sites for hydroxylation is 1. The molecule has 3 heterocycles. The van der Waals surface area contributed by atoms with Crippen molar-refractivity contribution in [2.75, 3.05) is 13.1 Å². The topological polar surface area (TPSA) is 82.8 Å². The van der Waals surface area contributed by atoms with E-state index in [1.165, 1.54) is 5.56 Å². The summed E-state index contributed by atoms with van der Waals surface area (Å²) in [5.74, 6) is 0.113. The first kappa shape index (κ1) is 17.8. The van der Waals surface area contributed by atoms with Gasteiger partial charge in [-0.2, -0.15) is 0 Å². The summed E-state index contributed by atoms with van der Waals surface area (Å²) >= 11 is 0. The molecule has 1 atom stereocenters. The van der Waals surface area contributed by atoms with Gasteiger partial charge in [-0.25, -0.2) is 0 Å². The summed E-state index contributed by atoms with van der Waals surface area (Å²) < 4.78 is 5.80. The Bertz CT molecular complexity index is 865. The number of carbonyl (C=O) groups excluding carboxylic acids is 1. The molecule has 2 saturated heterocycles. The zero-order valence-corrected chi connectivity index (χ0v) is 15.4. The van der Waals surface area contributed by atoms with Gasteiger partial charge in [0.15, 0.2) is 0 Å². The Balaban J connectivity index is 1.48. The Morgan fingerprint density at radius 3 is 2.67 bits per heavy atom. The van der Waals surface area contributed by atoms with Gasteiger partial charge in [0.05, 0.1) is 11.5 Å². The molecule has 1 aromatic heterocycles. The Morgan fingerprint density at radius 1 is 1.26 bits per heavy atom. The van der Waals surface area contributed by atoms with Crippen LogP contribution in [0.3, 0.4) is 0 Å². The SMILES string of the molecule is Cc1ccc(-c2ccccc2CN2CCC3(CC2)NC(=O)C[C@H]3C(=O)O)o1. The first-order valence-electron chi connectivity index (χ1n) is 9.38. The third-order valence-electron chi connectivity index (χ3n) is 5.91. The molecule has 2 N–H and O–H groups in total. The van der Waals surface area contributed by atoms with Crippen LogP contribution in [-0.2, 0) is 16.1 Å². The molecule has 1 spiro atoms. The number of nitrogens with one attached hydrogen (secondary N) is 1. The normalized spacial score (nSPS) is 22.1. The number of likely N-dealkylation sites (tertiary alicyclic amines) is 1. The molecular weight excluding hydrogens is 344 g/mol. The summed E-state index contributed by atoms with van der Waals surface area (Å²) in [6.45, 7) is 4.23. The molecular formula is C21H24N2O4. The molecule has 0 radical (unpaired) electrons. The van der Waals surface area contributed by atoms with Crippen LogP contribution in [0, 0.1) is 12.8 Å². The zero-order valence-electron chi connectivity index (χ0n) is 15.4. The minimum atomic E-state index is -0.875. The van der Waals surface area contributed by atoms with Crippen molar-refractivity contribution < 1.29 is 19.1 Å². The van der Waals surface area contributed by atoms with Crippen LogP contribution in [0.4, 0.5) is 0 Å². The van der Waals surface area contributed by atoms with Crippen LogP contribution >= 0.6 is 0 Å². The van der Waals surface area contributed by atoms with Crippen LogP contribution < -0.4 is 5.32 Å². The molecule has 142 valence electrons.